The van der Waals surface area contributed by atoms with Crippen LogP contribution in [0.1, 0.15) is 33.1 Å². The topological polar surface area (TPSA) is 41.7 Å². The van der Waals surface area contributed by atoms with Gasteiger partial charge in [0.2, 0.25) is 0 Å². The third kappa shape index (κ3) is 8.58. The lowest BCUT2D eigenvalue weighted by Crippen LogP contribution is -2.33. The molecule has 1 rings (SSSR count). The first kappa shape index (κ1) is 16.9. The van der Waals surface area contributed by atoms with Crippen LogP contribution in [-0.2, 0) is 4.74 Å². The maximum absolute atomic E-state index is 5.68. The van der Waals surface area contributed by atoms with Crippen molar-refractivity contribution < 1.29 is 4.74 Å². The molecule has 114 valence electrons. The Balaban J connectivity index is 2.08. The fraction of sp³-hybridized carbons (Fsp3) is 1.00. The van der Waals surface area contributed by atoms with E-state index in [-0.39, 0.29) is 0 Å². The molecule has 1 fully saturated rings. The molecule has 0 aliphatic carbocycles. The van der Waals surface area contributed by atoms with Crippen molar-refractivity contribution in [3.63, 3.8) is 0 Å². The van der Waals surface area contributed by atoms with Crippen LogP contribution >= 0.6 is 0 Å². The fourth-order valence-corrected chi connectivity index (χ4v) is 2.46. The van der Waals surface area contributed by atoms with Gasteiger partial charge >= 0.3 is 0 Å². The van der Waals surface area contributed by atoms with Crippen LogP contribution in [0.15, 0.2) is 0 Å². The lowest BCUT2D eigenvalue weighted by Gasteiger charge is -2.21. The summed E-state index contributed by atoms with van der Waals surface area (Å²) >= 11 is 0. The molecule has 0 atom stereocenters. The Labute approximate surface area is 119 Å². The Bertz CT molecular complexity index is 212. The van der Waals surface area contributed by atoms with Gasteiger partial charge in [0, 0.05) is 26.2 Å². The van der Waals surface area contributed by atoms with E-state index in [0.29, 0.717) is 5.92 Å². The number of unbranched alkanes of at least 4 members (excludes halogenated alkanes) is 1. The van der Waals surface area contributed by atoms with Gasteiger partial charge in [0.05, 0.1) is 6.61 Å². The molecule has 4 heteroatoms. The second kappa shape index (κ2) is 10.6. The average Bonchev–Trinajstić information content (AvgIpc) is 2.60. The summed E-state index contributed by atoms with van der Waals surface area (Å²) in [7, 11) is 0. The Morgan fingerprint density at radius 1 is 1.00 bits per heavy atom. The van der Waals surface area contributed by atoms with Crippen molar-refractivity contribution in [1.29, 1.82) is 0 Å². The van der Waals surface area contributed by atoms with Crippen LogP contribution in [0.25, 0.3) is 0 Å². The molecular formula is C15H33N3O. The summed E-state index contributed by atoms with van der Waals surface area (Å²) in [6.45, 7) is 14.2. The second-order valence-electron chi connectivity index (χ2n) is 6.00. The molecule has 0 unspecified atom stereocenters. The van der Waals surface area contributed by atoms with Crippen LogP contribution in [0.2, 0.25) is 0 Å². The summed E-state index contributed by atoms with van der Waals surface area (Å²) in [6, 6.07) is 0. The summed E-state index contributed by atoms with van der Waals surface area (Å²) in [6.07, 6.45) is 3.68. The van der Waals surface area contributed by atoms with E-state index in [2.05, 4.69) is 23.6 Å². The second-order valence-corrected chi connectivity index (χ2v) is 6.00. The molecule has 1 aliphatic rings. The predicted octanol–water partition coefficient (Wildman–Crippen LogP) is 1.41. The summed E-state index contributed by atoms with van der Waals surface area (Å²) < 4.78 is 5.68. The first-order valence-electron chi connectivity index (χ1n) is 7.95. The van der Waals surface area contributed by atoms with Gasteiger partial charge in [-0.05, 0) is 51.4 Å². The quantitative estimate of drug-likeness (QED) is 0.644. The number of hydrogen-bond acceptors (Lipinski definition) is 4. The van der Waals surface area contributed by atoms with Crippen LogP contribution in [0.5, 0.6) is 0 Å². The maximum Gasteiger partial charge on any atom is 0.0593 e. The molecule has 1 heterocycles. The van der Waals surface area contributed by atoms with Crippen molar-refractivity contribution in [2.75, 3.05) is 59.0 Å². The zero-order valence-electron chi connectivity index (χ0n) is 12.9. The highest BCUT2D eigenvalue weighted by molar-refractivity contribution is 4.69. The van der Waals surface area contributed by atoms with E-state index < -0.39 is 0 Å². The number of ether oxygens (including phenoxy) is 1. The van der Waals surface area contributed by atoms with Crippen molar-refractivity contribution in [2.24, 2.45) is 11.7 Å². The fourth-order valence-electron chi connectivity index (χ4n) is 2.46. The first-order chi connectivity index (χ1) is 9.22. The molecule has 0 aromatic carbocycles. The molecule has 19 heavy (non-hydrogen) atoms. The van der Waals surface area contributed by atoms with E-state index in [1.165, 1.54) is 45.6 Å². The van der Waals surface area contributed by atoms with E-state index in [1.54, 1.807) is 0 Å². The van der Waals surface area contributed by atoms with Gasteiger partial charge in [0.25, 0.3) is 0 Å². The van der Waals surface area contributed by atoms with Crippen LogP contribution in [0.4, 0.5) is 0 Å². The number of nitrogens with two attached hydrogens (primary N) is 1. The first-order valence-corrected chi connectivity index (χ1v) is 7.95. The minimum absolute atomic E-state index is 0.641. The molecule has 0 aromatic rings. The predicted molar refractivity (Wildman–Crippen MR) is 81.4 cm³/mol. The van der Waals surface area contributed by atoms with Gasteiger partial charge in [-0.2, -0.15) is 0 Å². The van der Waals surface area contributed by atoms with E-state index >= 15 is 0 Å². The van der Waals surface area contributed by atoms with Gasteiger partial charge in [0.1, 0.15) is 0 Å². The van der Waals surface area contributed by atoms with Gasteiger partial charge < -0.3 is 15.4 Å². The monoisotopic (exact) mass is 271 g/mol. The molecule has 0 spiro atoms. The molecular weight excluding hydrogens is 238 g/mol. The lowest BCUT2D eigenvalue weighted by molar-refractivity contribution is 0.0862. The highest BCUT2D eigenvalue weighted by Gasteiger charge is 2.13. The van der Waals surface area contributed by atoms with Crippen LogP contribution in [0.3, 0.4) is 0 Å². The molecule has 0 aromatic heterocycles. The van der Waals surface area contributed by atoms with Crippen molar-refractivity contribution in [1.82, 2.24) is 9.80 Å². The zero-order chi connectivity index (χ0) is 13.9. The minimum Gasteiger partial charge on any atom is -0.380 e. The van der Waals surface area contributed by atoms with Gasteiger partial charge in [0.15, 0.2) is 0 Å². The average molecular weight is 271 g/mol. The van der Waals surface area contributed by atoms with Crippen molar-refractivity contribution in [3.8, 4) is 0 Å². The Morgan fingerprint density at radius 3 is 2.32 bits per heavy atom. The standard InChI is InChI=1S/C15H33N3O/c1-15(2)14-19-13-12-18-9-5-8-17(10-11-18)7-4-3-6-16/h15H,3-14,16H2,1-2H3. The Kier molecular flexibility index (Phi) is 9.43. The van der Waals surface area contributed by atoms with Gasteiger partial charge in [-0.15, -0.1) is 0 Å². The van der Waals surface area contributed by atoms with E-state index in [4.69, 9.17) is 10.5 Å². The largest absolute Gasteiger partial charge is 0.380 e. The van der Waals surface area contributed by atoms with Crippen molar-refractivity contribution in [3.05, 3.63) is 0 Å². The van der Waals surface area contributed by atoms with Crippen LogP contribution < -0.4 is 5.73 Å². The molecule has 1 aliphatic heterocycles. The maximum atomic E-state index is 5.68. The zero-order valence-corrected chi connectivity index (χ0v) is 12.9. The van der Waals surface area contributed by atoms with E-state index in [1.807, 2.05) is 0 Å². The lowest BCUT2D eigenvalue weighted by atomic mass is 10.2. The van der Waals surface area contributed by atoms with Gasteiger partial charge in [-0.1, -0.05) is 13.8 Å². The SMILES string of the molecule is CC(C)COCCN1CCCN(CCCCN)CC1. The van der Waals surface area contributed by atoms with Gasteiger partial charge in [-0.3, -0.25) is 4.90 Å². The Hall–Kier alpha value is -0.160. The van der Waals surface area contributed by atoms with E-state index in [9.17, 15) is 0 Å². The van der Waals surface area contributed by atoms with Crippen LogP contribution in [0, 0.1) is 5.92 Å². The summed E-state index contributed by atoms with van der Waals surface area (Å²) in [5.74, 6) is 0.641. The van der Waals surface area contributed by atoms with E-state index in [0.717, 1.165) is 32.7 Å². The van der Waals surface area contributed by atoms with Crippen molar-refractivity contribution >= 4 is 0 Å². The smallest absolute Gasteiger partial charge is 0.0593 e. The van der Waals surface area contributed by atoms with Gasteiger partial charge in [-0.25, -0.2) is 0 Å². The molecule has 2 N–H and O–H groups in total. The third-order valence-electron chi connectivity index (χ3n) is 3.61. The molecule has 0 bridgehead atoms. The Morgan fingerprint density at radius 2 is 1.68 bits per heavy atom. The molecule has 0 radical (unpaired) electrons. The summed E-state index contributed by atoms with van der Waals surface area (Å²) in [5, 5.41) is 0. The highest BCUT2D eigenvalue weighted by Crippen LogP contribution is 2.04. The molecule has 1 saturated heterocycles. The normalized spacial score (nSPS) is 18.9. The molecule has 4 nitrogen and oxygen atoms in total. The summed E-state index contributed by atoms with van der Waals surface area (Å²) in [4.78, 5) is 5.13. The number of hydrogen-bond donors (Lipinski definition) is 1. The molecule has 0 amide bonds. The number of nitrogens with zero attached hydrogens (tertiary/aromatic N) is 2. The van der Waals surface area contributed by atoms with Crippen molar-refractivity contribution in [2.45, 2.75) is 33.1 Å². The molecule has 0 saturated carbocycles. The minimum atomic E-state index is 0.641. The summed E-state index contributed by atoms with van der Waals surface area (Å²) in [5.41, 5.74) is 5.55. The number of rotatable bonds is 9. The third-order valence-corrected chi connectivity index (χ3v) is 3.61. The van der Waals surface area contributed by atoms with Crippen LogP contribution in [-0.4, -0.2) is 68.8 Å². The highest BCUT2D eigenvalue weighted by atomic mass is 16.5.